The van der Waals surface area contributed by atoms with E-state index in [4.69, 9.17) is 9.47 Å². The number of methoxy groups -OCH3 is 1. The van der Waals surface area contributed by atoms with Crippen molar-refractivity contribution in [3.05, 3.63) is 47.0 Å². The molecule has 180 valence electrons. The number of amides is 1. The van der Waals surface area contributed by atoms with Crippen LogP contribution in [0.1, 0.15) is 36.8 Å². The lowest BCUT2D eigenvalue weighted by atomic mass is 9.94. The Morgan fingerprint density at radius 3 is 2.53 bits per heavy atom. The monoisotopic (exact) mass is 479 g/mol. The summed E-state index contributed by atoms with van der Waals surface area (Å²) in [7, 11) is 3.64. The lowest BCUT2D eigenvalue weighted by Crippen LogP contribution is -2.43. The maximum atomic E-state index is 13.6. The first-order valence-corrected chi connectivity index (χ1v) is 12.8. The van der Waals surface area contributed by atoms with Gasteiger partial charge in [0.05, 0.1) is 31.7 Å². The van der Waals surface area contributed by atoms with Gasteiger partial charge >= 0.3 is 0 Å². The Hall–Kier alpha value is -2.77. The number of benzene rings is 1. The molecule has 34 heavy (non-hydrogen) atoms. The Labute approximate surface area is 205 Å². The Balaban J connectivity index is 1.70. The van der Waals surface area contributed by atoms with E-state index in [1.807, 2.05) is 11.9 Å². The van der Waals surface area contributed by atoms with Gasteiger partial charge in [0, 0.05) is 48.2 Å². The highest BCUT2D eigenvalue weighted by Gasteiger charge is 2.32. The smallest absolute Gasteiger partial charge is 0.270 e. The highest BCUT2D eigenvalue weighted by Crippen LogP contribution is 2.45. The molecule has 0 unspecified atom stereocenters. The second-order valence-corrected chi connectivity index (χ2v) is 10.9. The van der Waals surface area contributed by atoms with Crippen molar-refractivity contribution in [2.24, 2.45) is 0 Å². The van der Waals surface area contributed by atoms with Gasteiger partial charge in [-0.15, -0.1) is 11.3 Å². The van der Waals surface area contributed by atoms with E-state index in [2.05, 4.69) is 66.0 Å². The Kier molecular flexibility index (Phi) is 5.94. The first kappa shape index (κ1) is 23.0. The number of aromatic nitrogens is 1. The summed E-state index contributed by atoms with van der Waals surface area (Å²) in [4.78, 5) is 19.0. The quantitative estimate of drug-likeness (QED) is 0.519. The van der Waals surface area contributed by atoms with Crippen LogP contribution in [0.4, 0.5) is 5.69 Å². The molecule has 7 heteroatoms. The number of rotatable bonds is 4. The average molecular weight is 480 g/mol. The van der Waals surface area contributed by atoms with Gasteiger partial charge in [-0.1, -0.05) is 6.07 Å². The lowest BCUT2D eigenvalue weighted by Gasteiger charge is -2.33. The second-order valence-electron chi connectivity index (χ2n) is 9.99. The molecule has 3 aromatic rings. The number of hydrogen-bond acceptors (Lipinski definition) is 5. The van der Waals surface area contributed by atoms with Crippen molar-refractivity contribution in [1.82, 2.24) is 9.47 Å². The molecular weight excluding hydrogens is 446 g/mol. The zero-order valence-electron chi connectivity index (χ0n) is 20.7. The largest absolute Gasteiger partial charge is 0.495 e. The number of thiophene rings is 1. The van der Waals surface area contributed by atoms with E-state index in [1.54, 1.807) is 18.4 Å². The molecule has 0 saturated carbocycles. The number of hydrogen-bond donors (Lipinski definition) is 0. The average Bonchev–Trinajstić information content (AvgIpc) is 3.50. The van der Waals surface area contributed by atoms with Crippen molar-refractivity contribution >= 4 is 22.9 Å². The van der Waals surface area contributed by atoms with Crippen LogP contribution in [-0.2, 0) is 17.7 Å². The van der Waals surface area contributed by atoms with Gasteiger partial charge in [-0.2, -0.15) is 0 Å². The summed E-state index contributed by atoms with van der Waals surface area (Å²) in [5.74, 6) is 0.962. The molecule has 1 aromatic carbocycles. The van der Waals surface area contributed by atoms with Crippen molar-refractivity contribution in [2.75, 3.05) is 45.4 Å². The van der Waals surface area contributed by atoms with E-state index in [1.165, 1.54) is 16.0 Å². The van der Waals surface area contributed by atoms with Crippen LogP contribution in [0.25, 0.3) is 21.7 Å². The van der Waals surface area contributed by atoms with E-state index in [0.717, 1.165) is 67.7 Å². The second kappa shape index (κ2) is 8.78. The van der Waals surface area contributed by atoms with Crippen molar-refractivity contribution < 1.29 is 14.3 Å². The van der Waals surface area contributed by atoms with Crippen LogP contribution in [0.2, 0.25) is 0 Å². The summed E-state index contributed by atoms with van der Waals surface area (Å²) in [5, 5.41) is 2.10. The molecule has 2 aliphatic rings. The van der Waals surface area contributed by atoms with Crippen LogP contribution in [-0.4, -0.2) is 61.4 Å². The van der Waals surface area contributed by atoms with E-state index in [-0.39, 0.29) is 11.4 Å². The topological polar surface area (TPSA) is 46.9 Å². The number of aryl methyl sites for hydroxylation is 1. The molecule has 0 N–H and O–H groups in total. The third-order valence-electron chi connectivity index (χ3n) is 7.03. The maximum Gasteiger partial charge on any atom is 0.270 e. The van der Waals surface area contributed by atoms with Crippen LogP contribution in [0.5, 0.6) is 5.75 Å². The van der Waals surface area contributed by atoms with Crippen LogP contribution in [0, 0.1) is 0 Å². The predicted molar refractivity (Wildman–Crippen MR) is 138 cm³/mol. The van der Waals surface area contributed by atoms with Gasteiger partial charge in [0.15, 0.2) is 0 Å². The molecule has 0 spiro atoms. The molecule has 0 bridgehead atoms. The van der Waals surface area contributed by atoms with E-state index >= 15 is 0 Å². The number of morpholine rings is 1. The minimum atomic E-state index is -0.256. The van der Waals surface area contributed by atoms with Crippen LogP contribution in [0.3, 0.4) is 0 Å². The predicted octanol–water partition coefficient (Wildman–Crippen LogP) is 5.16. The molecule has 0 radical (unpaired) electrons. The highest BCUT2D eigenvalue weighted by atomic mass is 32.1. The summed E-state index contributed by atoms with van der Waals surface area (Å²) < 4.78 is 13.6. The summed E-state index contributed by atoms with van der Waals surface area (Å²) in [6.45, 7) is 10.1. The fourth-order valence-electron chi connectivity index (χ4n) is 4.83. The molecule has 0 aliphatic carbocycles. The normalized spacial score (nSPS) is 15.6. The van der Waals surface area contributed by atoms with Crippen LogP contribution in [0.15, 0.2) is 35.7 Å². The molecule has 5 rings (SSSR count). The molecule has 1 amide bonds. The lowest BCUT2D eigenvalue weighted by molar-refractivity contribution is 0.0644. The van der Waals surface area contributed by atoms with Gasteiger partial charge in [0.2, 0.25) is 0 Å². The molecule has 0 atom stereocenters. The number of ether oxygens (including phenoxy) is 2. The number of carbonyl (C=O) groups excluding carboxylic acids is 1. The zero-order valence-corrected chi connectivity index (χ0v) is 21.5. The van der Waals surface area contributed by atoms with Crippen molar-refractivity contribution in [1.29, 1.82) is 0 Å². The van der Waals surface area contributed by atoms with Crippen molar-refractivity contribution in [3.8, 4) is 27.4 Å². The standard InChI is InChI=1S/C27H33N3O3S/c1-27(2,3)28(4)26(31)22-17-20(24-7-6-14-34-24)25-19-16-21(29-10-12-33-13-11-29)23(32-5)15-18(19)8-9-30(22)25/h6-7,14-17H,8-13H2,1-5H3. The van der Waals surface area contributed by atoms with E-state index in [0.29, 0.717) is 0 Å². The van der Waals surface area contributed by atoms with Gasteiger partial charge in [0.25, 0.3) is 5.91 Å². The highest BCUT2D eigenvalue weighted by molar-refractivity contribution is 7.13. The molecule has 2 aromatic heterocycles. The van der Waals surface area contributed by atoms with Gasteiger partial charge in [-0.3, -0.25) is 4.79 Å². The summed E-state index contributed by atoms with van der Waals surface area (Å²) in [6, 6.07) is 10.8. The first-order valence-electron chi connectivity index (χ1n) is 11.9. The molecule has 4 heterocycles. The number of carbonyl (C=O) groups is 1. The Bertz CT molecular complexity index is 1200. The molecule has 1 fully saturated rings. The Morgan fingerprint density at radius 1 is 1.12 bits per heavy atom. The fourth-order valence-corrected chi connectivity index (χ4v) is 5.57. The molecular formula is C27H33N3O3S. The number of anilines is 1. The van der Waals surface area contributed by atoms with Gasteiger partial charge in [-0.05, 0) is 62.4 Å². The van der Waals surface area contributed by atoms with E-state index in [9.17, 15) is 4.79 Å². The third-order valence-corrected chi connectivity index (χ3v) is 7.93. The first-order chi connectivity index (χ1) is 16.3. The van der Waals surface area contributed by atoms with E-state index < -0.39 is 0 Å². The van der Waals surface area contributed by atoms with Crippen LogP contribution < -0.4 is 9.64 Å². The zero-order chi connectivity index (χ0) is 24.0. The number of fused-ring (bicyclic) bond motifs is 3. The SMILES string of the molecule is COc1cc2c(cc1N1CCOCC1)-c1c(-c3cccs3)cc(C(=O)N(C)C(C)(C)C)n1CC2. The minimum Gasteiger partial charge on any atom is -0.495 e. The summed E-state index contributed by atoms with van der Waals surface area (Å²) in [6.07, 6.45) is 0.861. The molecule has 1 saturated heterocycles. The molecule has 2 aliphatic heterocycles. The van der Waals surface area contributed by atoms with Gasteiger partial charge < -0.3 is 23.8 Å². The number of nitrogens with zero attached hydrogens (tertiary/aromatic N) is 3. The summed E-state index contributed by atoms with van der Waals surface area (Å²) in [5.41, 5.74) is 6.30. The fraction of sp³-hybridized carbons (Fsp3) is 0.444. The third kappa shape index (κ3) is 3.91. The van der Waals surface area contributed by atoms with Crippen molar-refractivity contribution in [2.45, 2.75) is 39.3 Å². The van der Waals surface area contributed by atoms with Gasteiger partial charge in [-0.25, -0.2) is 0 Å². The summed E-state index contributed by atoms with van der Waals surface area (Å²) >= 11 is 1.71. The van der Waals surface area contributed by atoms with Crippen molar-refractivity contribution in [3.63, 3.8) is 0 Å². The van der Waals surface area contributed by atoms with Crippen LogP contribution >= 0.6 is 11.3 Å². The minimum absolute atomic E-state index is 0.0573. The maximum absolute atomic E-state index is 13.6. The molecule has 6 nitrogen and oxygen atoms in total. The Morgan fingerprint density at radius 2 is 1.88 bits per heavy atom. The van der Waals surface area contributed by atoms with Gasteiger partial charge in [0.1, 0.15) is 11.4 Å².